The molecule has 3 N–H and O–H groups in total. The average Bonchev–Trinajstić information content (AvgIpc) is 2.92. The third-order valence-corrected chi connectivity index (χ3v) is 3.95. The number of hydrogen-bond acceptors (Lipinski definition) is 4. The van der Waals surface area contributed by atoms with Crippen LogP contribution in [0.15, 0.2) is 18.2 Å². The van der Waals surface area contributed by atoms with Crippen molar-refractivity contribution in [3.8, 4) is 11.5 Å². The highest BCUT2D eigenvalue weighted by atomic mass is 16.3. The number of hydrogen-bond donors (Lipinski definition) is 3. The topological polar surface area (TPSA) is 72.8 Å². The van der Waals surface area contributed by atoms with Crippen LogP contribution < -0.4 is 5.32 Å². The van der Waals surface area contributed by atoms with Crippen LogP contribution in [0.3, 0.4) is 0 Å². The second-order valence-electron chi connectivity index (χ2n) is 5.35. The summed E-state index contributed by atoms with van der Waals surface area (Å²) in [6.07, 6.45) is 5.02. The number of aromatic hydroxyl groups is 2. The standard InChI is InChI=1S/C15H22N2O3/c1-17(11-5-2-3-6-11)10-9-16-15(20)14-12(18)7-4-8-13(14)19/h4,7-8,11,18-19H,2-3,5-6,9-10H2,1H3,(H,16,20). The van der Waals surface area contributed by atoms with Crippen molar-refractivity contribution in [2.24, 2.45) is 0 Å². The highest BCUT2D eigenvalue weighted by molar-refractivity contribution is 5.99. The highest BCUT2D eigenvalue weighted by Gasteiger charge is 2.20. The fraction of sp³-hybridized carbons (Fsp3) is 0.533. The van der Waals surface area contributed by atoms with Crippen LogP contribution >= 0.6 is 0 Å². The van der Waals surface area contributed by atoms with Gasteiger partial charge in [0.05, 0.1) is 0 Å². The Bertz CT molecular complexity index is 450. The summed E-state index contributed by atoms with van der Waals surface area (Å²) in [5.74, 6) is -0.848. The van der Waals surface area contributed by atoms with Crippen molar-refractivity contribution in [3.63, 3.8) is 0 Å². The fourth-order valence-corrected chi connectivity index (χ4v) is 2.72. The van der Waals surface area contributed by atoms with Crippen LogP contribution in [0.4, 0.5) is 0 Å². The van der Waals surface area contributed by atoms with Crippen LogP contribution in [0, 0.1) is 0 Å². The molecule has 0 saturated heterocycles. The van der Waals surface area contributed by atoms with Crippen LogP contribution in [-0.4, -0.2) is 47.2 Å². The van der Waals surface area contributed by atoms with Crippen LogP contribution in [0.25, 0.3) is 0 Å². The molecule has 0 aromatic heterocycles. The van der Waals surface area contributed by atoms with E-state index >= 15 is 0 Å². The lowest BCUT2D eigenvalue weighted by atomic mass is 10.1. The van der Waals surface area contributed by atoms with Crippen LogP contribution in [0.2, 0.25) is 0 Å². The van der Waals surface area contributed by atoms with E-state index in [-0.39, 0.29) is 17.1 Å². The summed E-state index contributed by atoms with van der Waals surface area (Å²) < 4.78 is 0. The zero-order valence-electron chi connectivity index (χ0n) is 11.8. The molecule has 110 valence electrons. The molecule has 2 rings (SSSR count). The lowest BCUT2D eigenvalue weighted by Crippen LogP contribution is -2.37. The van der Waals surface area contributed by atoms with Crippen LogP contribution in [-0.2, 0) is 0 Å². The summed E-state index contributed by atoms with van der Waals surface area (Å²) in [4.78, 5) is 14.2. The smallest absolute Gasteiger partial charge is 0.258 e. The van der Waals surface area contributed by atoms with E-state index in [2.05, 4.69) is 17.3 Å². The summed E-state index contributed by atoms with van der Waals surface area (Å²) in [7, 11) is 2.07. The summed E-state index contributed by atoms with van der Waals surface area (Å²) in [6, 6.07) is 4.89. The van der Waals surface area contributed by atoms with Gasteiger partial charge in [0.2, 0.25) is 0 Å². The number of phenolic OH excluding ortho intramolecular Hbond substituents is 2. The third-order valence-electron chi connectivity index (χ3n) is 3.95. The molecule has 0 atom stereocenters. The van der Waals surface area contributed by atoms with Gasteiger partial charge >= 0.3 is 0 Å². The summed E-state index contributed by atoms with van der Waals surface area (Å²) in [5, 5.41) is 22.0. The third kappa shape index (κ3) is 3.42. The second-order valence-corrected chi connectivity index (χ2v) is 5.35. The molecular formula is C15H22N2O3. The van der Waals surface area contributed by atoms with Gasteiger partial charge < -0.3 is 20.4 Å². The average molecular weight is 278 g/mol. The normalized spacial score (nSPS) is 15.7. The predicted molar refractivity (Wildman–Crippen MR) is 77.0 cm³/mol. The Kier molecular flexibility index (Phi) is 4.84. The predicted octanol–water partition coefficient (Wildman–Crippen LogP) is 1.70. The Morgan fingerprint density at radius 1 is 1.30 bits per heavy atom. The van der Waals surface area contributed by atoms with Crippen molar-refractivity contribution in [2.75, 3.05) is 20.1 Å². The molecule has 0 spiro atoms. The maximum Gasteiger partial charge on any atom is 0.258 e. The zero-order valence-corrected chi connectivity index (χ0v) is 11.8. The number of benzene rings is 1. The molecule has 1 aliphatic carbocycles. The molecule has 5 nitrogen and oxygen atoms in total. The van der Waals surface area contributed by atoms with Crippen molar-refractivity contribution in [1.29, 1.82) is 0 Å². The molecule has 1 aromatic rings. The van der Waals surface area contributed by atoms with Crippen molar-refractivity contribution in [3.05, 3.63) is 23.8 Å². The number of nitrogens with zero attached hydrogens (tertiary/aromatic N) is 1. The first-order valence-electron chi connectivity index (χ1n) is 7.09. The van der Waals surface area contributed by atoms with Gasteiger partial charge in [-0.25, -0.2) is 0 Å². The fourth-order valence-electron chi connectivity index (χ4n) is 2.72. The number of amides is 1. The van der Waals surface area contributed by atoms with Gasteiger partial charge in [0, 0.05) is 19.1 Å². The number of carbonyl (C=O) groups is 1. The number of phenols is 2. The molecule has 1 amide bonds. The van der Waals surface area contributed by atoms with E-state index in [0.29, 0.717) is 12.6 Å². The zero-order chi connectivity index (χ0) is 14.5. The second kappa shape index (κ2) is 6.61. The van der Waals surface area contributed by atoms with Gasteiger partial charge in [-0.2, -0.15) is 0 Å². The molecule has 5 heteroatoms. The van der Waals surface area contributed by atoms with Gasteiger partial charge in [0.15, 0.2) is 0 Å². The minimum atomic E-state index is -0.444. The number of nitrogens with one attached hydrogen (secondary N) is 1. The van der Waals surface area contributed by atoms with E-state index in [1.807, 2.05) is 0 Å². The Morgan fingerprint density at radius 2 is 1.90 bits per heavy atom. The molecule has 0 unspecified atom stereocenters. The van der Waals surface area contributed by atoms with E-state index in [1.165, 1.54) is 43.9 Å². The number of rotatable bonds is 5. The van der Waals surface area contributed by atoms with Gasteiger partial charge in [0.1, 0.15) is 17.1 Å². The van der Waals surface area contributed by atoms with E-state index in [9.17, 15) is 15.0 Å². The molecule has 1 fully saturated rings. The quantitative estimate of drug-likeness (QED) is 0.766. The van der Waals surface area contributed by atoms with Gasteiger partial charge in [0.25, 0.3) is 5.91 Å². The largest absolute Gasteiger partial charge is 0.507 e. The molecule has 0 radical (unpaired) electrons. The van der Waals surface area contributed by atoms with E-state index in [4.69, 9.17) is 0 Å². The monoisotopic (exact) mass is 278 g/mol. The first-order chi connectivity index (χ1) is 9.59. The van der Waals surface area contributed by atoms with Crippen molar-refractivity contribution in [1.82, 2.24) is 10.2 Å². The molecular weight excluding hydrogens is 256 g/mol. The maximum absolute atomic E-state index is 11.9. The van der Waals surface area contributed by atoms with Gasteiger partial charge in [-0.05, 0) is 32.0 Å². The Morgan fingerprint density at radius 3 is 2.50 bits per heavy atom. The van der Waals surface area contributed by atoms with Crippen molar-refractivity contribution >= 4 is 5.91 Å². The molecule has 0 aliphatic heterocycles. The Hall–Kier alpha value is -1.75. The van der Waals surface area contributed by atoms with Gasteiger partial charge in [-0.3, -0.25) is 4.79 Å². The minimum Gasteiger partial charge on any atom is -0.507 e. The van der Waals surface area contributed by atoms with Crippen LogP contribution in [0.1, 0.15) is 36.0 Å². The molecule has 20 heavy (non-hydrogen) atoms. The first-order valence-corrected chi connectivity index (χ1v) is 7.09. The lowest BCUT2D eigenvalue weighted by molar-refractivity contribution is 0.0941. The molecule has 1 aliphatic rings. The number of carbonyl (C=O) groups excluding carboxylic acids is 1. The highest BCUT2D eigenvalue weighted by Crippen LogP contribution is 2.26. The van der Waals surface area contributed by atoms with E-state index in [1.54, 1.807) is 0 Å². The Balaban J connectivity index is 1.83. The van der Waals surface area contributed by atoms with E-state index < -0.39 is 5.91 Å². The number of likely N-dealkylation sites (N-methyl/N-ethyl adjacent to an activating group) is 1. The van der Waals surface area contributed by atoms with Crippen molar-refractivity contribution < 1.29 is 15.0 Å². The molecule has 0 heterocycles. The summed E-state index contributed by atoms with van der Waals surface area (Å²) >= 11 is 0. The van der Waals surface area contributed by atoms with Gasteiger partial charge in [-0.15, -0.1) is 0 Å². The maximum atomic E-state index is 11.9. The first kappa shape index (κ1) is 14.7. The van der Waals surface area contributed by atoms with Crippen LogP contribution in [0.5, 0.6) is 11.5 Å². The van der Waals surface area contributed by atoms with E-state index in [0.717, 1.165) is 6.54 Å². The van der Waals surface area contributed by atoms with Crippen molar-refractivity contribution in [2.45, 2.75) is 31.7 Å². The summed E-state index contributed by atoms with van der Waals surface area (Å²) in [5.41, 5.74) is -0.0592. The molecule has 1 aromatic carbocycles. The minimum absolute atomic E-state index is 0.0592. The molecule has 0 bridgehead atoms. The SMILES string of the molecule is CN(CCNC(=O)c1c(O)cccc1O)C1CCCC1. The summed E-state index contributed by atoms with van der Waals surface area (Å²) in [6.45, 7) is 1.27. The lowest BCUT2D eigenvalue weighted by Gasteiger charge is -2.23. The van der Waals surface area contributed by atoms with Gasteiger partial charge in [-0.1, -0.05) is 18.9 Å². The Labute approximate surface area is 119 Å². The molecule has 1 saturated carbocycles.